The third kappa shape index (κ3) is 4.62. The third-order valence-corrected chi connectivity index (χ3v) is 3.92. The molecule has 0 bridgehead atoms. The van der Waals surface area contributed by atoms with Gasteiger partial charge in [-0.15, -0.1) is 16.4 Å². The van der Waals surface area contributed by atoms with E-state index < -0.39 is 0 Å². The van der Waals surface area contributed by atoms with Crippen LogP contribution in [0, 0.1) is 0 Å². The Labute approximate surface area is 126 Å². The Morgan fingerprint density at radius 2 is 2.48 bits per heavy atom. The largest absolute Gasteiger partial charge is 0.469 e. The highest BCUT2D eigenvalue weighted by molar-refractivity contribution is 7.10. The molecule has 0 amide bonds. The Bertz CT molecular complexity index is 556. The number of aromatic nitrogens is 3. The number of aliphatic hydroxyl groups is 1. The minimum atomic E-state index is -0.259. The summed E-state index contributed by atoms with van der Waals surface area (Å²) in [5.74, 6) is -0.259. The molecule has 21 heavy (non-hydrogen) atoms. The number of methoxy groups -OCH3 is 1. The van der Waals surface area contributed by atoms with E-state index in [0.29, 0.717) is 13.1 Å². The zero-order valence-electron chi connectivity index (χ0n) is 11.7. The minimum Gasteiger partial charge on any atom is -0.469 e. The van der Waals surface area contributed by atoms with Gasteiger partial charge < -0.3 is 15.2 Å². The summed E-state index contributed by atoms with van der Waals surface area (Å²) in [6.07, 6.45) is 2.04. The number of carbonyl (C=O) groups is 1. The molecule has 7 nitrogen and oxygen atoms in total. The van der Waals surface area contributed by atoms with Gasteiger partial charge in [0.1, 0.15) is 0 Å². The first kappa shape index (κ1) is 15.6. The molecule has 2 rings (SSSR count). The predicted octanol–water partition coefficient (Wildman–Crippen LogP) is 0.726. The fraction of sp³-hybridized carbons (Fsp3) is 0.462. The van der Waals surface area contributed by atoms with E-state index in [2.05, 4.69) is 15.6 Å². The van der Waals surface area contributed by atoms with E-state index >= 15 is 0 Å². The van der Waals surface area contributed by atoms with Crippen LogP contribution in [0.1, 0.15) is 23.0 Å². The van der Waals surface area contributed by atoms with Crippen molar-refractivity contribution >= 4 is 17.3 Å². The van der Waals surface area contributed by atoms with Crippen molar-refractivity contribution in [3.63, 3.8) is 0 Å². The molecule has 0 aromatic carbocycles. The van der Waals surface area contributed by atoms with Gasteiger partial charge in [0.05, 0.1) is 38.4 Å². The first-order valence-electron chi connectivity index (χ1n) is 6.56. The lowest BCUT2D eigenvalue weighted by Gasteiger charge is -2.15. The summed E-state index contributed by atoms with van der Waals surface area (Å²) in [6, 6.07) is 3.82. The molecule has 0 fully saturated rings. The van der Waals surface area contributed by atoms with E-state index in [9.17, 15) is 4.79 Å². The number of hydrogen-bond donors (Lipinski definition) is 2. The van der Waals surface area contributed by atoms with Crippen LogP contribution in [0.4, 0.5) is 0 Å². The van der Waals surface area contributed by atoms with E-state index in [-0.39, 0.29) is 25.0 Å². The number of nitrogens with one attached hydrogen (secondary N) is 1. The molecule has 0 radical (unpaired) electrons. The van der Waals surface area contributed by atoms with Crippen molar-refractivity contribution in [2.75, 3.05) is 13.7 Å². The summed E-state index contributed by atoms with van der Waals surface area (Å²) in [5.41, 5.74) is 0.759. The molecule has 2 aromatic rings. The number of esters is 1. The summed E-state index contributed by atoms with van der Waals surface area (Å²) in [7, 11) is 1.38. The molecule has 0 saturated heterocycles. The van der Waals surface area contributed by atoms with Crippen LogP contribution < -0.4 is 5.32 Å². The lowest BCUT2D eigenvalue weighted by molar-refractivity contribution is -0.141. The quantitative estimate of drug-likeness (QED) is 0.699. The number of ether oxygens (including phenoxy) is 1. The Kier molecular flexibility index (Phi) is 5.85. The minimum absolute atomic E-state index is 0.0242. The zero-order valence-corrected chi connectivity index (χ0v) is 12.5. The molecule has 2 N–H and O–H groups in total. The number of carbonyl (C=O) groups excluding carboxylic acids is 1. The highest BCUT2D eigenvalue weighted by atomic mass is 32.1. The van der Waals surface area contributed by atoms with Gasteiger partial charge in [-0.25, -0.2) is 4.68 Å². The van der Waals surface area contributed by atoms with Crippen LogP contribution in [0.3, 0.4) is 0 Å². The van der Waals surface area contributed by atoms with Gasteiger partial charge in [-0.2, -0.15) is 0 Å². The highest BCUT2D eigenvalue weighted by Gasteiger charge is 2.17. The third-order valence-electron chi connectivity index (χ3n) is 2.93. The van der Waals surface area contributed by atoms with Crippen molar-refractivity contribution in [2.45, 2.75) is 25.6 Å². The Morgan fingerprint density at radius 1 is 1.62 bits per heavy atom. The maximum atomic E-state index is 11.5. The normalized spacial score (nSPS) is 12.3. The van der Waals surface area contributed by atoms with Crippen molar-refractivity contribution in [3.8, 4) is 0 Å². The maximum Gasteiger partial charge on any atom is 0.307 e. The molecular formula is C13H18N4O3S. The van der Waals surface area contributed by atoms with Gasteiger partial charge in [0, 0.05) is 17.6 Å². The fourth-order valence-corrected chi connectivity index (χ4v) is 2.67. The monoisotopic (exact) mass is 310 g/mol. The first-order chi connectivity index (χ1) is 10.2. The van der Waals surface area contributed by atoms with Gasteiger partial charge in [0.2, 0.25) is 0 Å². The molecule has 0 aliphatic rings. The second kappa shape index (κ2) is 7.87. The second-order valence-corrected chi connectivity index (χ2v) is 5.40. The van der Waals surface area contributed by atoms with E-state index in [4.69, 9.17) is 9.84 Å². The first-order valence-corrected chi connectivity index (χ1v) is 7.44. The molecule has 0 spiro atoms. The van der Waals surface area contributed by atoms with Crippen molar-refractivity contribution in [3.05, 3.63) is 34.3 Å². The molecule has 2 heterocycles. The Morgan fingerprint density at radius 3 is 3.14 bits per heavy atom. The molecule has 1 atom stereocenters. The van der Waals surface area contributed by atoms with Crippen LogP contribution in [0.5, 0.6) is 0 Å². The average molecular weight is 310 g/mol. The van der Waals surface area contributed by atoms with Crippen LogP contribution in [-0.2, 0) is 22.6 Å². The van der Waals surface area contributed by atoms with Crippen LogP contribution in [0.25, 0.3) is 0 Å². The second-order valence-electron chi connectivity index (χ2n) is 4.43. The van der Waals surface area contributed by atoms with Crippen LogP contribution in [-0.4, -0.2) is 39.8 Å². The number of aliphatic hydroxyl groups excluding tert-OH is 1. The summed E-state index contributed by atoms with van der Waals surface area (Å²) in [5, 5.41) is 22.0. The van der Waals surface area contributed by atoms with Crippen molar-refractivity contribution in [1.82, 2.24) is 20.3 Å². The van der Waals surface area contributed by atoms with Gasteiger partial charge in [-0.3, -0.25) is 4.79 Å². The summed E-state index contributed by atoms with van der Waals surface area (Å²) < 4.78 is 6.31. The summed E-state index contributed by atoms with van der Waals surface area (Å²) in [4.78, 5) is 12.6. The maximum absolute atomic E-state index is 11.5. The Balaban J connectivity index is 1.96. The lowest BCUT2D eigenvalue weighted by atomic mass is 10.1. The molecule has 0 aliphatic heterocycles. The summed E-state index contributed by atoms with van der Waals surface area (Å²) in [6.45, 7) is 0.935. The van der Waals surface area contributed by atoms with E-state index in [1.54, 1.807) is 22.2 Å². The van der Waals surface area contributed by atoms with Crippen molar-refractivity contribution in [1.29, 1.82) is 0 Å². The van der Waals surface area contributed by atoms with Crippen LogP contribution in [0.2, 0.25) is 0 Å². The Hall–Kier alpha value is -1.77. The average Bonchev–Trinajstić information content (AvgIpc) is 3.15. The van der Waals surface area contributed by atoms with Gasteiger partial charge in [-0.05, 0) is 11.4 Å². The number of hydrogen-bond acceptors (Lipinski definition) is 7. The molecule has 2 aromatic heterocycles. The van der Waals surface area contributed by atoms with Gasteiger partial charge in [0.25, 0.3) is 0 Å². The van der Waals surface area contributed by atoms with Crippen LogP contribution in [0.15, 0.2) is 23.7 Å². The lowest BCUT2D eigenvalue weighted by Crippen LogP contribution is -2.23. The van der Waals surface area contributed by atoms with Crippen LogP contribution >= 0.6 is 11.3 Å². The number of thiophene rings is 1. The summed E-state index contributed by atoms with van der Waals surface area (Å²) >= 11 is 1.59. The van der Waals surface area contributed by atoms with Gasteiger partial charge >= 0.3 is 5.97 Å². The van der Waals surface area contributed by atoms with Crippen molar-refractivity contribution in [2.24, 2.45) is 0 Å². The topological polar surface area (TPSA) is 89.3 Å². The molecule has 0 saturated carbocycles. The smallest absolute Gasteiger partial charge is 0.307 e. The zero-order chi connectivity index (χ0) is 15.1. The molecule has 1 unspecified atom stereocenters. The number of rotatable bonds is 8. The molecule has 114 valence electrons. The SMILES string of the molecule is COC(=O)CC(NCc1cn(CCO)nn1)c1cccs1. The van der Waals surface area contributed by atoms with Crippen molar-refractivity contribution < 1.29 is 14.6 Å². The van der Waals surface area contributed by atoms with E-state index in [1.807, 2.05) is 17.5 Å². The fourth-order valence-electron chi connectivity index (χ4n) is 1.87. The van der Waals surface area contributed by atoms with Gasteiger partial charge in [0.15, 0.2) is 0 Å². The molecule has 8 heteroatoms. The predicted molar refractivity (Wildman–Crippen MR) is 77.6 cm³/mol. The van der Waals surface area contributed by atoms with E-state index in [1.165, 1.54) is 7.11 Å². The molecular weight excluding hydrogens is 292 g/mol. The highest BCUT2D eigenvalue weighted by Crippen LogP contribution is 2.22. The van der Waals surface area contributed by atoms with Gasteiger partial charge in [-0.1, -0.05) is 11.3 Å². The standard InChI is InChI=1S/C13H18N4O3S/c1-20-13(19)7-11(12-3-2-6-21-12)14-8-10-9-17(4-5-18)16-15-10/h2-3,6,9,11,14,18H,4-5,7-8H2,1H3. The molecule has 0 aliphatic carbocycles. The number of nitrogens with zero attached hydrogens (tertiary/aromatic N) is 3. The van der Waals surface area contributed by atoms with E-state index in [0.717, 1.165) is 10.6 Å².